The highest BCUT2D eigenvalue weighted by molar-refractivity contribution is 5.91. The van der Waals surface area contributed by atoms with E-state index >= 15 is 0 Å². The second-order valence-corrected chi connectivity index (χ2v) is 6.49. The van der Waals surface area contributed by atoms with Gasteiger partial charge in [-0.15, -0.1) is 0 Å². The van der Waals surface area contributed by atoms with Crippen molar-refractivity contribution < 1.29 is 4.79 Å². The summed E-state index contributed by atoms with van der Waals surface area (Å²) in [4.78, 5) is 12.3. The number of carbonyl (C=O) groups is 1. The van der Waals surface area contributed by atoms with E-state index in [1.165, 1.54) is 5.56 Å². The first kappa shape index (κ1) is 17.0. The highest BCUT2D eigenvalue weighted by Crippen LogP contribution is 2.15. The molecule has 0 atom stereocenters. The van der Waals surface area contributed by atoms with E-state index in [1.807, 2.05) is 46.9 Å². The number of carbonyl (C=O) groups excluding carboxylic acids is 1. The molecule has 3 aromatic rings. The Bertz CT molecular complexity index is 848. The van der Waals surface area contributed by atoms with E-state index in [1.54, 1.807) is 6.20 Å². The van der Waals surface area contributed by atoms with Crippen LogP contribution in [-0.2, 0) is 17.8 Å². The molecule has 130 valence electrons. The number of rotatable bonds is 6. The minimum atomic E-state index is -0.0867. The Hall–Kier alpha value is -2.89. The second-order valence-electron chi connectivity index (χ2n) is 6.49. The molecule has 1 amide bonds. The number of nitrogens with one attached hydrogen (secondary N) is 1. The Balaban J connectivity index is 1.60. The van der Waals surface area contributed by atoms with Crippen LogP contribution >= 0.6 is 0 Å². The van der Waals surface area contributed by atoms with Gasteiger partial charge in [0.1, 0.15) is 0 Å². The molecule has 25 heavy (non-hydrogen) atoms. The minimum absolute atomic E-state index is 0.0867. The number of aryl methyl sites for hydroxylation is 1. The van der Waals surface area contributed by atoms with Gasteiger partial charge in [-0.1, -0.05) is 30.3 Å². The number of amides is 1. The lowest BCUT2D eigenvalue weighted by atomic mass is 10.2. The van der Waals surface area contributed by atoms with Crippen molar-refractivity contribution in [3.63, 3.8) is 0 Å². The molecule has 6 heteroatoms. The summed E-state index contributed by atoms with van der Waals surface area (Å²) in [7, 11) is 0. The molecule has 1 N–H and O–H groups in total. The molecule has 0 saturated heterocycles. The zero-order valence-corrected chi connectivity index (χ0v) is 14.8. The average molecular weight is 337 g/mol. The number of hydrogen-bond acceptors (Lipinski definition) is 3. The standard InChI is InChI=1S/C19H23N5O/c1-14(2)24-11-15(3)19(22-24)21-18(25)9-17-10-20-23(13-17)12-16-7-5-4-6-8-16/h4-8,10-11,13-14H,9,12H2,1-3H3,(H,21,22,25). The van der Waals surface area contributed by atoms with Crippen LogP contribution in [0.2, 0.25) is 0 Å². The molecular weight excluding hydrogens is 314 g/mol. The second kappa shape index (κ2) is 7.34. The topological polar surface area (TPSA) is 64.7 Å². The van der Waals surface area contributed by atoms with Crippen molar-refractivity contribution in [1.82, 2.24) is 19.6 Å². The summed E-state index contributed by atoms with van der Waals surface area (Å²) in [5.74, 6) is 0.534. The van der Waals surface area contributed by atoms with Crippen molar-refractivity contribution in [1.29, 1.82) is 0 Å². The first-order valence-corrected chi connectivity index (χ1v) is 8.42. The third-order valence-corrected chi connectivity index (χ3v) is 3.94. The largest absolute Gasteiger partial charge is 0.309 e. The van der Waals surface area contributed by atoms with E-state index in [-0.39, 0.29) is 18.4 Å². The van der Waals surface area contributed by atoms with Gasteiger partial charge < -0.3 is 5.32 Å². The van der Waals surface area contributed by atoms with Crippen molar-refractivity contribution in [3.8, 4) is 0 Å². The van der Waals surface area contributed by atoms with Crippen LogP contribution < -0.4 is 5.32 Å². The van der Waals surface area contributed by atoms with Crippen LogP contribution in [0.25, 0.3) is 0 Å². The van der Waals surface area contributed by atoms with Gasteiger partial charge in [0.25, 0.3) is 0 Å². The Morgan fingerprint density at radius 1 is 1.16 bits per heavy atom. The average Bonchev–Trinajstić information content (AvgIpc) is 3.15. The number of hydrogen-bond donors (Lipinski definition) is 1. The molecular formula is C19H23N5O. The van der Waals surface area contributed by atoms with E-state index in [4.69, 9.17) is 0 Å². The fraction of sp³-hybridized carbons (Fsp3) is 0.316. The molecule has 6 nitrogen and oxygen atoms in total. The van der Waals surface area contributed by atoms with Crippen LogP contribution in [0.4, 0.5) is 5.82 Å². The normalized spacial score (nSPS) is 11.0. The predicted molar refractivity (Wildman–Crippen MR) is 97.5 cm³/mol. The van der Waals surface area contributed by atoms with E-state index in [9.17, 15) is 4.79 Å². The molecule has 3 rings (SSSR count). The monoisotopic (exact) mass is 337 g/mol. The highest BCUT2D eigenvalue weighted by Gasteiger charge is 2.12. The van der Waals surface area contributed by atoms with Crippen molar-refractivity contribution in [2.45, 2.75) is 39.8 Å². The molecule has 2 aromatic heterocycles. The molecule has 0 aliphatic carbocycles. The van der Waals surface area contributed by atoms with Crippen LogP contribution in [-0.4, -0.2) is 25.5 Å². The molecule has 1 aromatic carbocycles. The molecule has 0 aliphatic rings. The molecule has 0 saturated carbocycles. The van der Waals surface area contributed by atoms with Crippen LogP contribution in [0.3, 0.4) is 0 Å². The van der Waals surface area contributed by atoms with Gasteiger partial charge in [0.15, 0.2) is 5.82 Å². The van der Waals surface area contributed by atoms with Gasteiger partial charge in [-0.2, -0.15) is 10.2 Å². The van der Waals surface area contributed by atoms with Crippen molar-refractivity contribution >= 4 is 11.7 Å². The maximum atomic E-state index is 12.3. The van der Waals surface area contributed by atoms with Gasteiger partial charge in [0.05, 0.1) is 19.2 Å². The van der Waals surface area contributed by atoms with Crippen LogP contribution in [0, 0.1) is 6.92 Å². The first-order chi connectivity index (χ1) is 12.0. The molecule has 2 heterocycles. The summed E-state index contributed by atoms with van der Waals surface area (Å²) in [5, 5.41) is 11.6. The number of aromatic nitrogens is 4. The molecule has 0 bridgehead atoms. The lowest BCUT2D eigenvalue weighted by molar-refractivity contribution is -0.115. The maximum absolute atomic E-state index is 12.3. The summed E-state index contributed by atoms with van der Waals surface area (Å²) in [6, 6.07) is 10.4. The fourth-order valence-electron chi connectivity index (χ4n) is 2.59. The van der Waals surface area contributed by atoms with E-state index in [0.717, 1.165) is 11.1 Å². The first-order valence-electron chi connectivity index (χ1n) is 8.42. The Morgan fingerprint density at radius 2 is 1.92 bits per heavy atom. The number of anilines is 1. The zero-order chi connectivity index (χ0) is 17.8. The number of nitrogens with zero attached hydrogens (tertiary/aromatic N) is 4. The SMILES string of the molecule is Cc1cn(C(C)C)nc1NC(=O)Cc1cnn(Cc2ccccc2)c1. The van der Waals surface area contributed by atoms with Gasteiger partial charge in [-0.3, -0.25) is 14.2 Å². The van der Waals surface area contributed by atoms with Crippen LogP contribution in [0.15, 0.2) is 48.9 Å². The Labute approximate surface area is 147 Å². The lowest BCUT2D eigenvalue weighted by Crippen LogP contribution is -2.15. The molecule has 0 unspecified atom stereocenters. The Morgan fingerprint density at radius 3 is 2.60 bits per heavy atom. The zero-order valence-electron chi connectivity index (χ0n) is 14.8. The predicted octanol–water partition coefficient (Wildman–Crippen LogP) is 3.20. The smallest absolute Gasteiger partial charge is 0.230 e. The summed E-state index contributed by atoms with van der Waals surface area (Å²) in [5.41, 5.74) is 3.02. The van der Waals surface area contributed by atoms with Gasteiger partial charge in [-0.05, 0) is 31.9 Å². The highest BCUT2D eigenvalue weighted by atomic mass is 16.1. The number of benzene rings is 1. The van der Waals surface area contributed by atoms with Gasteiger partial charge >= 0.3 is 0 Å². The van der Waals surface area contributed by atoms with E-state index < -0.39 is 0 Å². The fourth-order valence-corrected chi connectivity index (χ4v) is 2.59. The third-order valence-electron chi connectivity index (χ3n) is 3.94. The van der Waals surface area contributed by atoms with Crippen LogP contribution in [0.5, 0.6) is 0 Å². The molecule has 0 spiro atoms. The minimum Gasteiger partial charge on any atom is -0.309 e. The van der Waals surface area contributed by atoms with Crippen molar-refractivity contribution in [3.05, 3.63) is 65.6 Å². The molecule has 0 radical (unpaired) electrons. The van der Waals surface area contributed by atoms with Crippen molar-refractivity contribution in [2.75, 3.05) is 5.32 Å². The van der Waals surface area contributed by atoms with Crippen molar-refractivity contribution in [2.24, 2.45) is 0 Å². The van der Waals surface area contributed by atoms with Crippen LogP contribution in [0.1, 0.15) is 36.6 Å². The lowest BCUT2D eigenvalue weighted by Gasteiger charge is -2.04. The Kier molecular flexibility index (Phi) is 4.97. The quantitative estimate of drug-likeness (QED) is 0.751. The van der Waals surface area contributed by atoms with Gasteiger partial charge in [0, 0.05) is 24.0 Å². The van der Waals surface area contributed by atoms with E-state index in [0.29, 0.717) is 12.4 Å². The molecule has 0 aliphatic heterocycles. The maximum Gasteiger partial charge on any atom is 0.230 e. The van der Waals surface area contributed by atoms with E-state index in [2.05, 4.69) is 41.5 Å². The summed E-state index contributed by atoms with van der Waals surface area (Å²) < 4.78 is 3.69. The molecule has 0 fully saturated rings. The van der Waals surface area contributed by atoms with Gasteiger partial charge in [-0.25, -0.2) is 0 Å². The third kappa shape index (κ3) is 4.35. The van der Waals surface area contributed by atoms with Gasteiger partial charge in [0.2, 0.25) is 5.91 Å². The summed E-state index contributed by atoms with van der Waals surface area (Å²) in [6.07, 6.45) is 5.87. The summed E-state index contributed by atoms with van der Waals surface area (Å²) >= 11 is 0. The summed E-state index contributed by atoms with van der Waals surface area (Å²) in [6.45, 7) is 6.75.